The summed E-state index contributed by atoms with van der Waals surface area (Å²) in [4.78, 5) is 70.3. The lowest BCUT2D eigenvalue weighted by atomic mass is 10.0. The molecule has 1 saturated heterocycles. The fraction of sp³-hybridized carbons (Fsp3) is 0.618. The van der Waals surface area contributed by atoms with Gasteiger partial charge in [-0.05, 0) is 64.5 Å². The standard InChI is InChI=1S/C34H46N4O8/c1-5-44-30(41)34-18-24(34)15-9-7-6-8-10-16-26(35-31(42)46-33(2,3)4)29(40)38-21-25(17-27(38)28(39)36-34)45-32(43)37-19-22-13-11-12-14-23(22)20-37/h9,11-15,24-27H,5-8,10,16-21H2,1-4H3,(H,35,42)(H,36,39)/t24-,25-,26+,27+,34-/m1/s1. The van der Waals surface area contributed by atoms with Crippen LogP contribution in [0.15, 0.2) is 36.4 Å². The summed E-state index contributed by atoms with van der Waals surface area (Å²) in [6.07, 6.45) is 5.85. The summed E-state index contributed by atoms with van der Waals surface area (Å²) >= 11 is 0. The number of allylic oxidation sites excluding steroid dienone is 1. The van der Waals surface area contributed by atoms with Gasteiger partial charge in [0.15, 0.2) is 0 Å². The molecule has 2 N–H and O–H groups in total. The molecule has 0 bridgehead atoms. The van der Waals surface area contributed by atoms with Crippen LogP contribution in [0.1, 0.15) is 83.8 Å². The highest BCUT2D eigenvalue weighted by Crippen LogP contribution is 2.46. The summed E-state index contributed by atoms with van der Waals surface area (Å²) < 4.78 is 16.7. The van der Waals surface area contributed by atoms with E-state index in [-0.39, 0.29) is 25.5 Å². The molecule has 0 spiro atoms. The molecule has 0 aromatic heterocycles. The first kappa shape index (κ1) is 33.3. The average molecular weight is 639 g/mol. The highest BCUT2D eigenvalue weighted by Gasteiger charge is 2.62. The second-order valence-electron chi connectivity index (χ2n) is 13.6. The molecule has 4 amide bonds. The monoisotopic (exact) mass is 638 g/mol. The molecule has 5 atom stereocenters. The lowest BCUT2D eigenvalue weighted by Crippen LogP contribution is -2.56. The maximum atomic E-state index is 14.2. The van der Waals surface area contributed by atoms with Crippen LogP contribution in [0, 0.1) is 5.92 Å². The quantitative estimate of drug-likeness (QED) is 0.287. The summed E-state index contributed by atoms with van der Waals surface area (Å²) in [5.41, 5.74) is 0.0948. The Morgan fingerprint density at radius 3 is 2.46 bits per heavy atom. The number of nitrogens with one attached hydrogen (secondary N) is 2. The van der Waals surface area contributed by atoms with Crippen molar-refractivity contribution in [1.29, 1.82) is 0 Å². The van der Waals surface area contributed by atoms with Crippen molar-refractivity contribution in [3.63, 3.8) is 0 Å². The highest BCUT2D eigenvalue weighted by atomic mass is 16.6. The van der Waals surface area contributed by atoms with E-state index >= 15 is 0 Å². The van der Waals surface area contributed by atoms with Crippen LogP contribution in [-0.2, 0) is 41.7 Å². The topological polar surface area (TPSA) is 144 Å². The molecule has 0 unspecified atom stereocenters. The molecule has 3 heterocycles. The summed E-state index contributed by atoms with van der Waals surface area (Å²) in [6.45, 7) is 7.87. The van der Waals surface area contributed by atoms with E-state index in [1.54, 1.807) is 32.6 Å². The summed E-state index contributed by atoms with van der Waals surface area (Å²) in [5.74, 6) is -1.74. The first-order chi connectivity index (χ1) is 21.9. The Labute approximate surface area is 270 Å². The first-order valence-electron chi connectivity index (χ1n) is 16.4. The van der Waals surface area contributed by atoms with Crippen molar-refractivity contribution in [2.75, 3.05) is 13.2 Å². The molecule has 46 heavy (non-hydrogen) atoms. The smallest absolute Gasteiger partial charge is 0.410 e. The van der Waals surface area contributed by atoms with Gasteiger partial charge < -0.3 is 29.7 Å². The van der Waals surface area contributed by atoms with Crippen molar-refractivity contribution in [3.8, 4) is 0 Å². The minimum atomic E-state index is -1.22. The Hall–Kier alpha value is -4.09. The van der Waals surface area contributed by atoms with Crippen molar-refractivity contribution in [2.45, 2.75) is 115 Å². The van der Waals surface area contributed by atoms with E-state index in [1.165, 1.54) is 4.90 Å². The predicted octanol–water partition coefficient (Wildman–Crippen LogP) is 3.96. The number of hydrogen-bond acceptors (Lipinski definition) is 8. The Morgan fingerprint density at radius 1 is 1.07 bits per heavy atom. The van der Waals surface area contributed by atoms with E-state index in [0.717, 1.165) is 30.4 Å². The van der Waals surface area contributed by atoms with E-state index in [9.17, 15) is 24.0 Å². The van der Waals surface area contributed by atoms with Crippen LogP contribution in [-0.4, -0.2) is 82.2 Å². The molecule has 0 radical (unpaired) electrons. The maximum absolute atomic E-state index is 14.2. The van der Waals surface area contributed by atoms with Crippen molar-refractivity contribution >= 4 is 30.0 Å². The van der Waals surface area contributed by atoms with Crippen molar-refractivity contribution in [3.05, 3.63) is 47.5 Å². The number of carbonyl (C=O) groups is 5. The third-order valence-corrected chi connectivity index (χ3v) is 8.94. The molecule has 250 valence electrons. The number of ether oxygens (including phenoxy) is 3. The molecule has 1 aromatic rings. The van der Waals surface area contributed by atoms with Crippen LogP contribution >= 0.6 is 0 Å². The second kappa shape index (κ2) is 13.7. The molecule has 2 fully saturated rings. The molecule has 4 aliphatic rings. The Morgan fingerprint density at radius 2 is 1.78 bits per heavy atom. The van der Waals surface area contributed by atoms with Crippen LogP contribution in [0.5, 0.6) is 0 Å². The molecular formula is C34H46N4O8. The van der Waals surface area contributed by atoms with Gasteiger partial charge in [0.2, 0.25) is 11.8 Å². The van der Waals surface area contributed by atoms with Gasteiger partial charge in [0, 0.05) is 25.4 Å². The lowest BCUT2D eigenvalue weighted by molar-refractivity contribution is -0.150. The predicted molar refractivity (Wildman–Crippen MR) is 167 cm³/mol. The van der Waals surface area contributed by atoms with Crippen LogP contribution in [0.25, 0.3) is 0 Å². The molecule has 5 rings (SSSR count). The fourth-order valence-corrected chi connectivity index (χ4v) is 6.52. The van der Waals surface area contributed by atoms with Gasteiger partial charge in [-0.2, -0.15) is 0 Å². The van der Waals surface area contributed by atoms with Crippen LogP contribution < -0.4 is 10.6 Å². The normalized spacial score (nSPS) is 28.1. The number of esters is 1. The summed E-state index contributed by atoms with van der Waals surface area (Å²) in [5, 5.41) is 5.65. The van der Waals surface area contributed by atoms with E-state index < -0.39 is 59.3 Å². The van der Waals surface area contributed by atoms with Gasteiger partial charge in [0.25, 0.3) is 0 Å². The number of carbonyl (C=O) groups excluding carboxylic acids is 5. The molecule has 3 aliphatic heterocycles. The third-order valence-electron chi connectivity index (χ3n) is 8.94. The van der Waals surface area contributed by atoms with Crippen molar-refractivity contribution in [1.82, 2.24) is 20.4 Å². The maximum Gasteiger partial charge on any atom is 0.410 e. The highest BCUT2D eigenvalue weighted by molar-refractivity contribution is 5.96. The second-order valence-corrected chi connectivity index (χ2v) is 13.6. The summed E-state index contributed by atoms with van der Waals surface area (Å²) in [6, 6.07) is 5.79. The van der Waals surface area contributed by atoms with Crippen molar-refractivity contribution < 1.29 is 38.2 Å². The molecule has 12 nitrogen and oxygen atoms in total. The number of hydrogen-bond donors (Lipinski definition) is 2. The Kier molecular flexibility index (Phi) is 9.93. The minimum Gasteiger partial charge on any atom is -0.464 e. The molecule has 1 aliphatic carbocycles. The number of alkyl carbamates (subject to hydrolysis) is 1. The van der Waals surface area contributed by atoms with Gasteiger partial charge in [0.05, 0.1) is 13.2 Å². The van der Waals surface area contributed by atoms with Gasteiger partial charge in [-0.15, -0.1) is 0 Å². The molecular weight excluding hydrogens is 592 g/mol. The number of nitrogens with zero attached hydrogens (tertiary/aromatic N) is 2. The van der Waals surface area contributed by atoms with E-state index in [2.05, 4.69) is 10.6 Å². The largest absolute Gasteiger partial charge is 0.464 e. The number of benzene rings is 1. The Balaban J connectivity index is 1.38. The fourth-order valence-electron chi connectivity index (χ4n) is 6.52. The van der Waals surface area contributed by atoms with Gasteiger partial charge >= 0.3 is 18.2 Å². The molecule has 1 aromatic carbocycles. The number of amides is 4. The first-order valence-corrected chi connectivity index (χ1v) is 16.4. The Bertz CT molecular complexity index is 1350. The average Bonchev–Trinajstić information content (AvgIpc) is 3.31. The number of fused-ring (bicyclic) bond motifs is 3. The van der Waals surface area contributed by atoms with Gasteiger partial charge in [-0.1, -0.05) is 49.3 Å². The lowest BCUT2D eigenvalue weighted by Gasteiger charge is -2.30. The SMILES string of the molecule is CCOC(=O)[C@@]12C[C@H]1C=CCCCCC[C@H](NC(=O)OC(C)(C)C)C(=O)N1C[C@H](OC(=O)N3Cc4ccccc4C3)C[C@H]1C(=O)N2. The zero-order valence-corrected chi connectivity index (χ0v) is 27.2. The zero-order chi connectivity index (χ0) is 33.1. The van der Waals surface area contributed by atoms with Crippen LogP contribution in [0.3, 0.4) is 0 Å². The van der Waals surface area contributed by atoms with E-state index in [4.69, 9.17) is 14.2 Å². The number of rotatable bonds is 4. The van der Waals surface area contributed by atoms with Crippen LogP contribution in [0.4, 0.5) is 9.59 Å². The molecule has 1 saturated carbocycles. The minimum absolute atomic E-state index is 0.0360. The molecule has 12 heteroatoms. The van der Waals surface area contributed by atoms with E-state index in [1.807, 2.05) is 36.4 Å². The van der Waals surface area contributed by atoms with Crippen LogP contribution in [0.2, 0.25) is 0 Å². The zero-order valence-electron chi connectivity index (χ0n) is 27.2. The van der Waals surface area contributed by atoms with Gasteiger partial charge in [-0.25, -0.2) is 14.4 Å². The third kappa shape index (κ3) is 7.64. The van der Waals surface area contributed by atoms with Gasteiger partial charge in [0.1, 0.15) is 29.3 Å². The summed E-state index contributed by atoms with van der Waals surface area (Å²) in [7, 11) is 0. The van der Waals surface area contributed by atoms with E-state index in [0.29, 0.717) is 32.4 Å². The van der Waals surface area contributed by atoms with Gasteiger partial charge in [-0.3, -0.25) is 14.5 Å². The van der Waals surface area contributed by atoms with Crippen molar-refractivity contribution in [2.24, 2.45) is 5.92 Å².